The highest BCUT2D eigenvalue weighted by Crippen LogP contribution is 2.13. The molecule has 1 amide bonds. The van der Waals surface area contributed by atoms with Crippen molar-refractivity contribution in [3.05, 3.63) is 21.9 Å². The third-order valence-corrected chi connectivity index (χ3v) is 3.96. The van der Waals surface area contributed by atoms with Crippen LogP contribution in [0, 0.1) is 6.92 Å². The van der Waals surface area contributed by atoms with E-state index < -0.39 is 0 Å². The number of likely N-dealkylation sites (N-methyl/N-ethyl adjacent to an activating group) is 1. The summed E-state index contributed by atoms with van der Waals surface area (Å²) in [5, 5.41) is 4.04. The van der Waals surface area contributed by atoms with Crippen molar-refractivity contribution in [3.63, 3.8) is 0 Å². The summed E-state index contributed by atoms with van der Waals surface area (Å²) < 4.78 is 6.44. The van der Waals surface area contributed by atoms with Gasteiger partial charge < -0.3 is 9.64 Å². The highest BCUT2D eigenvalue weighted by molar-refractivity contribution is 7.09. The summed E-state index contributed by atoms with van der Waals surface area (Å²) in [4.78, 5) is 23.2. The Morgan fingerprint density at radius 2 is 2.30 bits per heavy atom. The zero-order valence-electron chi connectivity index (χ0n) is 12.0. The fourth-order valence-electron chi connectivity index (χ4n) is 1.75. The summed E-state index contributed by atoms with van der Waals surface area (Å²) in [6, 6.07) is 0.319. The van der Waals surface area contributed by atoms with Crippen LogP contribution in [0.15, 0.2) is 5.51 Å². The Hall–Kier alpha value is -1.96. The third kappa shape index (κ3) is 2.96. The summed E-state index contributed by atoms with van der Waals surface area (Å²) in [5.41, 5.74) is 2.84. The number of methoxy groups -OCH3 is 1. The Bertz CT molecular complexity index is 607. The maximum atomic E-state index is 12.2. The van der Waals surface area contributed by atoms with Gasteiger partial charge in [-0.2, -0.15) is 4.98 Å². The van der Waals surface area contributed by atoms with Crippen LogP contribution in [-0.4, -0.2) is 51.3 Å². The predicted molar refractivity (Wildman–Crippen MR) is 75.1 cm³/mol. The van der Waals surface area contributed by atoms with Crippen LogP contribution in [0.2, 0.25) is 0 Å². The van der Waals surface area contributed by atoms with Crippen LogP contribution in [0.3, 0.4) is 0 Å². The van der Waals surface area contributed by atoms with Gasteiger partial charge in [-0.25, -0.2) is 9.67 Å². The molecule has 8 heteroatoms. The van der Waals surface area contributed by atoms with E-state index in [9.17, 15) is 4.79 Å². The Kier molecular flexibility index (Phi) is 4.33. The summed E-state index contributed by atoms with van der Waals surface area (Å²) >= 11 is 1.60. The number of nitrogens with zero attached hydrogens (tertiary/aromatic N) is 5. The van der Waals surface area contributed by atoms with E-state index in [1.165, 1.54) is 16.7 Å². The fraction of sp³-hybridized carbons (Fsp3) is 0.500. The average Bonchev–Trinajstić information content (AvgIpc) is 3.01. The van der Waals surface area contributed by atoms with Crippen molar-refractivity contribution in [1.29, 1.82) is 0 Å². The summed E-state index contributed by atoms with van der Waals surface area (Å²) in [5.74, 6) is -0.0704. The number of carbonyl (C=O) groups is 1. The van der Waals surface area contributed by atoms with E-state index >= 15 is 0 Å². The molecule has 108 valence electrons. The molecule has 0 atom stereocenters. The Morgan fingerprint density at radius 1 is 1.55 bits per heavy atom. The number of carbonyl (C=O) groups excluding carboxylic acids is 1. The van der Waals surface area contributed by atoms with E-state index in [0.29, 0.717) is 12.6 Å². The molecule has 20 heavy (non-hydrogen) atoms. The topological polar surface area (TPSA) is 73.1 Å². The fourth-order valence-corrected chi connectivity index (χ4v) is 2.52. The zero-order valence-corrected chi connectivity index (χ0v) is 12.8. The lowest BCUT2D eigenvalue weighted by molar-refractivity contribution is 0.0784. The van der Waals surface area contributed by atoms with Crippen LogP contribution in [0.4, 0.5) is 0 Å². The van der Waals surface area contributed by atoms with Gasteiger partial charge in [-0.3, -0.25) is 4.79 Å². The molecule has 0 N–H and O–H groups in total. The van der Waals surface area contributed by atoms with E-state index in [1.807, 2.05) is 12.4 Å². The minimum absolute atomic E-state index is 0.146. The quantitative estimate of drug-likeness (QED) is 0.819. The molecule has 0 bridgehead atoms. The second-order valence-corrected chi connectivity index (χ2v) is 5.32. The molecule has 0 aliphatic rings. The predicted octanol–water partition coefficient (Wildman–Crippen LogP) is 0.903. The van der Waals surface area contributed by atoms with E-state index in [4.69, 9.17) is 4.74 Å². The monoisotopic (exact) mass is 295 g/mol. The number of ether oxygens (including phenoxy) is 1. The van der Waals surface area contributed by atoms with Crippen LogP contribution < -0.4 is 4.74 Å². The first-order valence-electron chi connectivity index (χ1n) is 6.12. The van der Waals surface area contributed by atoms with E-state index in [2.05, 4.69) is 15.1 Å². The molecule has 7 nitrogen and oxygen atoms in total. The van der Waals surface area contributed by atoms with Crippen molar-refractivity contribution < 1.29 is 9.53 Å². The number of hydrogen-bond acceptors (Lipinski definition) is 6. The molecule has 0 fully saturated rings. The number of aromatic nitrogens is 4. The van der Waals surface area contributed by atoms with Crippen LogP contribution in [0.25, 0.3) is 0 Å². The highest BCUT2D eigenvalue weighted by Gasteiger charge is 2.19. The molecule has 2 heterocycles. The first-order valence-corrected chi connectivity index (χ1v) is 7.00. The lowest BCUT2D eigenvalue weighted by Crippen LogP contribution is -2.29. The van der Waals surface area contributed by atoms with Gasteiger partial charge in [0, 0.05) is 31.9 Å². The minimum atomic E-state index is -0.217. The first kappa shape index (κ1) is 14.4. The largest absolute Gasteiger partial charge is 0.467 e. The molecule has 0 aromatic carbocycles. The molecule has 0 unspecified atom stereocenters. The third-order valence-electron chi connectivity index (χ3n) is 2.96. The maximum absolute atomic E-state index is 12.2. The van der Waals surface area contributed by atoms with Gasteiger partial charge in [0.1, 0.15) is 0 Å². The van der Waals surface area contributed by atoms with Gasteiger partial charge in [0.15, 0.2) is 0 Å². The maximum Gasteiger partial charge on any atom is 0.314 e. The molecule has 2 rings (SSSR count). The molecular weight excluding hydrogens is 278 g/mol. The SMILES string of the molecule is COc1nc(C(=O)N(C)CCc2scnc2C)nn1C. The Balaban J connectivity index is 1.99. The summed E-state index contributed by atoms with van der Waals surface area (Å²) in [6.07, 6.45) is 0.780. The van der Waals surface area contributed by atoms with E-state index in [-0.39, 0.29) is 11.7 Å². The molecule has 0 saturated heterocycles. The minimum Gasteiger partial charge on any atom is -0.467 e. The second-order valence-electron chi connectivity index (χ2n) is 4.38. The molecule has 0 saturated carbocycles. The number of amides is 1. The Labute approximate surface area is 121 Å². The van der Waals surface area contributed by atoms with Gasteiger partial charge in [-0.15, -0.1) is 16.4 Å². The van der Waals surface area contributed by atoms with Crippen LogP contribution in [-0.2, 0) is 13.5 Å². The van der Waals surface area contributed by atoms with Crippen molar-refractivity contribution in [2.45, 2.75) is 13.3 Å². The normalized spacial score (nSPS) is 10.6. The highest BCUT2D eigenvalue weighted by atomic mass is 32.1. The number of hydrogen-bond donors (Lipinski definition) is 0. The number of rotatable bonds is 5. The van der Waals surface area contributed by atoms with Gasteiger partial charge >= 0.3 is 6.01 Å². The van der Waals surface area contributed by atoms with Gasteiger partial charge in [-0.1, -0.05) is 0 Å². The summed E-state index contributed by atoms with van der Waals surface area (Å²) in [6.45, 7) is 2.57. The first-order chi connectivity index (χ1) is 9.52. The lowest BCUT2D eigenvalue weighted by atomic mass is 10.3. The van der Waals surface area contributed by atoms with Gasteiger partial charge in [-0.05, 0) is 6.92 Å². The number of thiazole rings is 1. The van der Waals surface area contributed by atoms with Crippen molar-refractivity contribution in [1.82, 2.24) is 24.6 Å². The molecule has 0 radical (unpaired) electrons. The molecule has 0 aliphatic heterocycles. The van der Waals surface area contributed by atoms with Gasteiger partial charge in [0.2, 0.25) is 5.82 Å². The van der Waals surface area contributed by atoms with Gasteiger partial charge in [0.05, 0.1) is 18.3 Å². The zero-order chi connectivity index (χ0) is 14.7. The van der Waals surface area contributed by atoms with Crippen molar-refractivity contribution in [3.8, 4) is 6.01 Å². The van der Waals surface area contributed by atoms with Crippen LogP contribution >= 0.6 is 11.3 Å². The average molecular weight is 295 g/mol. The van der Waals surface area contributed by atoms with Crippen LogP contribution in [0.5, 0.6) is 6.01 Å². The van der Waals surface area contributed by atoms with Gasteiger partial charge in [0.25, 0.3) is 5.91 Å². The van der Waals surface area contributed by atoms with Crippen molar-refractivity contribution in [2.75, 3.05) is 20.7 Å². The molecular formula is C12H17N5O2S. The summed E-state index contributed by atoms with van der Waals surface area (Å²) in [7, 11) is 4.92. The van der Waals surface area contributed by atoms with E-state index in [0.717, 1.165) is 12.1 Å². The molecule has 0 aliphatic carbocycles. The molecule has 2 aromatic heterocycles. The van der Waals surface area contributed by atoms with Crippen molar-refractivity contribution >= 4 is 17.2 Å². The number of aryl methyl sites for hydroxylation is 2. The Morgan fingerprint density at radius 3 is 2.85 bits per heavy atom. The lowest BCUT2D eigenvalue weighted by Gasteiger charge is -2.14. The smallest absolute Gasteiger partial charge is 0.314 e. The molecule has 0 spiro atoms. The van der Waals surface area contributed by atoms with Crippen molar-refractivity contribution in [2.24, 2.45) is 7.05 Å². The van der Waals surface area contributed by atoms with E-state index in [1.54, 1.807) is 30.3 Å². The van der Waals surface area contributed by atoms with Crippen LogP contribution in [0.1, 0.15) is 21.2 Å². The molecule has 2 aromatic rings. The second kappa shape index (κ2) is 6.00. The standard InChI is InChI=1S/C12H17N5O2S/c1-8-9(20-7-13-8)5-6-16(2)11(18)10-14-12(19-4)17(3)15-10/h7H,5-6H2,1-4H3.